The summed E-state index contributed by atoms with van der Waals surface area (Å²) >= 11 is 0. The van der Waals surface area contributed by atoms with Crippen LogP contribution in [0.15, 0.2) is 36.7 Å². The van der Waals surface area contributed by atoms with Crippen LogP contribution in [0.3, 0.4) is 0 Å². The molecule has 7 rings (SSSR count). The molecule has 42 heavy (non-hydrogen) atoms. The Hall–Kier alpha value is -3.87. The molecule has 0 amide bonds. The number of ether oxygens (including phenoxy) is 1. The van der Waals surface area contributed by atoms with Crippen LogP contribution in [0.2, 0.25) is 0 Å². The molecule has 2 aromatic heterocycles. The van der Waals surface area contributed by atoms with Gasteiger partial charge in [0.05, 0.1) is 24.5 Å². The maximum Gasteiger partial charge on any atom is 0.247 e. The number of nitrogens with zero attached hydrogens (tertiary/aromatic N) is 6. The first-order valence-corrected chi connectivity index (χ1v) is 15.3. The minimum absolute atomic E-state index is 0.0768. The molecule has 1 atom stereocenters. The minimum atomic E-state index is -0.410. The SMILES string of the molecule is C#Cc1cccc2cc(O)cc(Cn3cnc4c(OCC56CCCN5CCC6)nc(N5CCC[C@@H](O)C5)nc43)c12.CC. The van der Waals surface area contributed by atoms with E-state index in [0.717, 1.165) is 67.2 Å². The highest BCUT2D eigenvalue weighted by atomic mass is 16.5. The Kier molecular flexibility index (Phi) is 7.93. The second-order valence-electron chi connectivity index (χ2n) is 11.5. The molecule has 0 bridgehead atoms. The van der Waals surface area contributed by atoms with E-state index in [1.807, 2.05) is 41.5 Å². The van der Waals surface area contributed by atoms with E-state index in [9.17, 15) is 10.2 Å². The molecule has 3 aliphatic heterocycles. The number of imidazole rings is 1. The van der Waals surface area contributed by atoms with Crippen LogP contribution in [0, 0.1) is 12.3 Å². The summed E-state index contributed by atoms with van der Waals surface area (Å²) in [5, 5.41) is 22.7. The summed E-state index contributed by atoms with van der Waals surface area (Å²) in [7, 11) is 0. The van der Waals surface area contributed by atoms with Gasteiger partial charge < -0.3 is 24.4 Å². The van der Waals surface area contributed by atoms with Gasteiger partial charge in [-0.3, -0.25) is 4.90 Å². The maximum absolute atomic E-state index is 10.5. The number of hydrogen-bond acceptors (Lipinski definition) is 8. The number of fused-ring (bicyclic) bond motifs is 3. The average Bonchev–Trinajstić information content (AvgIpc) is 3.71. The molecule has 4 aromatic rings. The molecular formula is C33H40N6O3. The Morgan fingerprint density at radius 2 is 1.90 bits per heavy atom. The maximum atomic E-state index is 10.5. The number of aliphatic hydroxyl groups excluding tert-OH is 1. The first-order valence-electron chi connectivity index (χ1n) is 15.3. The molecular weight excluding hydrogens is 528 g/mol. The Bertz CT molecular complexity index is 1620. The zero-order valence-electron chi connectivity index (χ0n) is 24.6. The third-order valence-electron chi connectivity index (χ3n) is 8.93. The van der Waals surface area contributed by atoms with Crippen molar-refractivity contribution in [2.45, 2.75) is 70.6 Å². The smallest absolute Gasteiger partial charge is 0.247 e. The highest BCUT2D eigenvalue weighted by molar-refractivity contribution is 5.92. The van der Waals surface area contributed by atoms with Gasteiger partial charge in [0, 0.05) is 24.0 Å². The summed E-state index contributed by atoms with van der Waals surface area (Å²) in [5.74, 6) is 3.99. The Labute approximate surface area is 247 Å². The Balaban J connectivity index is 0.00000155. The first kappa shape index (κ1) is 28.3. The van der Waals surface area contributed by atoms with Gasteiger partial charge in [-0.1, -0.05) is 31.9 Å². The molecule has 220 valence electrons. The van der Waals surface area contributed by atoms with Crippen LogP contribution in [0.4, 0.5) is 5.95 Å². The molecule has 3 saturated heterocycles. The van der Waals surface area contributed by atoms with Gasteiger partial charge in [0.25, 0.3) is 0 Å². The highest BCUT2D eigenvalue weighted by Crippen LogP contribution is 2.40. The van der Waals surface area contributed by atoms with Crippen molar-refractivity contribution in [2.24, 2.45) is 0 Å². The summed E-state index contributed by atoms with van der Waals surface area (Å²) in [6, 6.07) is 9.25. The fourth-order valence-electron chi connectivity index (χ4n) is 6.99. The number of phenols is 1. The summed E-state index contributed by atoms with van der Waals surface area (Å²) in [6.45, 7) is 8.51. The predicted molar refractivity (Wildman–Crippen MR) is 165 cm³/mol. The second kappa shape index (κ2) is 11.8. The normalized spacial score (nSPS) is 19.9. The zero-order valence-corrected chi connectivity index (χ0v) is 24.6. The summed E-state index contributed by atoms with van der Waals surface area (Å²) < 4.78 is 8.49. The molecule has 2 N–H and O–H groups in total. The topological polar surface area (TPSA) is 99.8 Å². The van der Waals surface area contributed by atoms with E-state index in [1.54, 1.807) is 18.5 Å². The Morgan fingerprint density at radius 1 is 1.10 bits per heavy atom. The number of piperidine rings is 1. The third kappa shape index (κ3) is 5.14. The highest BCUT2D eigenvalue weighted by Gasteiger charge is 2.45. The average molecular weight is 569 g/mol. The number of β-amino-alcohol motifs (C(OH)–C–C–N with tert-alkyl or cyclic N) is 1. The van der Waals surface area contributed by atoms with Crippen LogP contribution in [-0.4, -0.2) is 79.1 Å². The first-order chi connectivity index (χ1) is 20.5. The van der Waals surface area contributed by atoms with Crippen molar-refractivity contribution in [2.75, 3.05) is 37.7 Å². The number of benzene rings is 2. The summed E-state index contributed by atoms with van der Waals surface area (Å²) in [4.78, 5) is 19.1. The number of hydrogen-bond donors (Lipinski definition) is 2. The van der Waals surface area contributed by atoms with Crippen LogP contribution in [0.1, 0.15) is 63.5 Å². The van der Waals surface area contributed by atoms with Gasteiger partial charge in [-0.15, -0.1) is 6.42 Å². The van der Waals surface area contributed by atoms with Crippen molar-refractivity contribution < 1.29 is 14.9 Å². The van der Waals surface area contributed by atoms with Gasteiger partial charge in [0.2, 0.25) is 11.8 Å². The lowest BCUT2D eigenvalue weighted by Crippen LogP contribution is -2.43. The van der Waals surface area contributed by atoms with E-state index in [1.165, 1.54) is 12.8 Å². The summed E-state index contributed by atoms with van der Waals surface area (Å²) in [5.41, 5.74) is 3.00. The molecule has 9 heteroatoms. The molecule has 9 nitrogen and oxygen atoms in total. The number of rotatable bonds is 6. The monoisotopic (exact) mass is 568 g/mol. The van der Waals surface area contributed by atoms with E-state index < -0.39 is 6.10 Å². The van der Waals surface area contributed by atoms with E-state index in [4.69, 9.17) is 26.1 Å². The largest absolute Gasteiger partial charge is 0.508 e. The lowest BCUT2D eigenvalue weighted by molar-refractivity contribution is 0.111. The van der Waals surface area contributed by atoms with Crippen LogP contribution >= 0.6 is 0 Å². The predicted octanol–water partition coefficient (Wildman–Crippen LogP) is 4.71. The Morgan fingerprint density at radius 3 is 2.67 bits per heavy atom. The number of anilines is 1. The van der Waals surface area contributed by atoms with Crippen LogP contribution in [0.25, 0.3) is 21.9 Å². The molecule has 2 aromatic carbocycles. The molecule has 5 heterocycles. The van der Waals surface area contributed by atoms with Crippen molar-refractivity contribution in [3.05, 3.63) is 47.8 Å². The van der Waals surface area contributed by atoms with Gasteiger partial charge >= 0.3 is 0 Å². The van der Waals surface area contributed by atoms with Crippen molar-refractivity contribution in [3.8, 4) is 24.0 Å². The van der Waals surface area contributed by atoms with Crippen molar-refractivity contribution in [1.29, 1.82) is 0 Å². The number of aromatic hydroxyl groups is 1. The lowest BCUT2D eigenvalue weighted by Gasteiger charge is -2.32. The molecule has 0 radical (unpaired) electrons. The second-order valence-corrected chi connectivity index (χ2v) is 11.5. The minimum Gasteiger partial charge on any atom is -0.508 e. The molecule has 0 spiro atoms. The van der Waals surface area contributed by atoms with Gasteiger partial charge in [-0.2, -0.15) is 9.97 Å². The van der Waals surface area contributed by atoms with E-state index in [0.29, 0.717) is 42.7 Å². The number of terminal acetylenes is 1. The van der Waals surface area contributed by atoms with Crippen LogP contribution < -0.4 is 9.64 Å². The fourth-order valence-corrected chi connectivity index (χ4v) is 6.99. The standard InChI is InChI=1S/C31H34N6O3.C2H6/c1-2-21-7-3-8-22-15-25(39)16-23(26(21)22)17-36-20-32-27-28(36)33-30(35-12-4-9-24(38)18-35)34-29(27)40-19-31-10-5-13-37(31)14-6-11-31;1-2/h1,3,7-8,15-16,20,24,38-39H,4-6,9-14,17-19H2;1-2H3/t24-;/m1./s1. The zero-order chi connectivity index (χ0) is 29.3. The molecule has 3 fully saturated rings. The summed E-state index contributed by atoms with van der Waals surface area (Å²) in [6.07, 6.45) is 13.5. The van der Waals surface area contributed by atoms with Crippen molar-refractivity contribution in [3.63, 3.8) is 0 Å². The van der Waals surface area contributed by atoms with Crippen LogP contribution in [0.5, 0.6) is 11.6 Å². The molecule has 3 aliphatic rings. The van der Waals surface area contributed by atoms with Gasteiger partial charge in [0.1, 0.15) is 12.4 Å². The van der Waals surface area contributed by atoms with Crippen molar-refractivity contribution in [1.82, 2.24) is 24.4 Å². The van der Waals surface area contributed by atoms with Gasteiger partial charge in [0.15, 0.2) is 11.2 Å². The van der Waals surface area contributed by atoms with E-state index in [-0.39, 0.29) is 11.3 Å². The van der Waals surface area contributed by atoms with Gasteiger partial charge in [-0.25, -0.2) is 4.98 Å². The molecule has 0 saturated carbocycles. The van der Waals surface area contributed by atoms with E-state index >= 15 is 0 Å². The van der Waals surface area contributed by atoms with Crippen LogP contribution in [-0.2, 0) is 6.54 Å². The van der Waals surface area contributed by atoms with Crippen molar-refractivity contribution >= 4 is 27.9 Å². The number of phenolic OH excluding ortho intramolecular Hbond substituents is 1. The third-order valence-corrected chi connectivity index (χ3v) is 8.93. The van der Waals surface area contributed by atoms with Gasteiger partial charge in [-0.05, 0) is 80.8 Å². The molecule has 0 unspecified atom stereocenters. The lowest BCUT2D eigenvalue weighted by atomic mass is 9.95. The fraction of sp³-hybridized carbons (Fsp3) is 0.485. The molecule has 0 aliphatic carbocycles. The van der Waals surface area contributed by atoms with E-state index in [2.05, 4.69) is 10.8 Å². The quantitative estimate of drug-likeness (QED) is 0.323. The number of aromatic nitrogens is 4. The number of aliphatic hydroxyl groups is 1.